The number of carbonyl (C=O) groups excluding carboxylic acids is 1. The maximum absolute atomic E-state index is 12.6. The first-order valence-corrected chi connectivity index (χ1v) is 20.2. The molecule has 0 aliphatic heterocycles. The van der Waals surface area contributed by atoms with Crippen molar-refractivity contribution in [2.45, 2.75) is 167 Å². The first-order chi connectivity index (χ1) is 22.0. The number of aliphatic hydroxyl groups is 1. The maximum atomic E-state index is 12.6. The summed E-state index contributed by atoms with van der Waals surface area (Å²) in [4.78, 5) is 22.7. The average Bonchev–Trinajstić information content (AvgIpc) is 2.99. The molecule has 8 nitrogen and oxygen atoms in total. The molecule has 0 saturated carbocycles. The maximum Gasteiger partial charge on any atom is 0.472 e. The van der Waals surface area contributed by atoms with Crippen LogP contribution in [0.4, 0.5) is 0 Å². The lowest BCUT2D eigenvalue weighted by Crippen LogP contribution is -2.45. The molecule has 46 heavy (non-hydrogen) atoms. The van der Waals surface area contributed by atoms with Crippen LogP contribution in [0.5, 0.6) is 0 Å². The van der Waals surface area contributed by atoms with Crippen LogP contribution >= 0.6 is 7.82 Å². The Labute approximate surface area is 284 Å². The van der Waals surface area contributed by atoms with E-state index < -0.39 is 20.0 Å². The lowest BCUT2D eigenvalue weighted by molar-refractivity contribution is -0.870. The number of carbonyl (C=O) groups is 1. The third-order valence-corrected chi connectivity index (χ3v) is 9.13. The Morgan fingerprint density at radius 3 is 1.72 bits per heavy atom. The number of unbranched alkanes of at least 4 members (excludes halogenated alkanes) is 18. The molecular weight excluding hydrogens is 599 g/mol. The van der Waals surface area contributed by atoms with Gasteiger partial charge in [0.05, 0.1) is 39.9 Å². The Morgan fingerprint density at radius 1 is 0.717 bits per heavy atom. The largest absolute Gasteiger partial charge is 0.472 e. The van der Waals surface area contributed by atoms with Gasteiger partial charge < -0.3 is 19.8 Å². The Balaban J connectivity index is 4.02. The van der Waals surface area contributed by atoms with Gasteiger partial charge >= 0.3 is 7.82 Å². The Hall–Kier alpha value is -1.02. The SMILES string of the molecule is CCC/C=C/C(O)C(COP(=O)(O)OCC[N+](C)(C)C)NC(=O)CCCCCCCCCCC/C=C\CCCCCCCCCC. The summed E-state index contributed by atoms with van der Waals surface area (Å²) in [5, 5.41) is 13.4. The first kappa shape index (κ1) is 45.0. The van der Waals surface area contributed by atoms with Crippen LogP contribution in [0.3, 0.4) is 0 Å². The summed E-state index contributed by atoms with van der Waals surface area (Å²) in [5.74, 6) is -0.192. The number of likely N-dealkylation sites (N-methyl/N-ethyl adjacent to an activating group) is 1. The molecule has 0 aromatic carbocycles. The minimum atomic E-state index is -4.31. The normalized spacial score (nSPS) is 15.0. The summed E-state index contributed by atoms with van der Waals surface area (Å²) in [6.45, 7) is 4.58. The first-order valence-electron chi connectivity index (χ1n) is 18.7. The second kappa shape index (κ2) is 30.1. The quantitative estimate of drug-likeness (QED) is 0.0278. The van der Waals surface area contributed by atoms with Crippen LogP contribution in [0.25, 0.3) is 0 Å². The highest BCUT2D eigenvalue weighted by atomic mass is 31.2. The van der Waals surface area contributed by atoms with E-state index in [-0.39, 0.29) is 19.1 Å². The van der Waals surface area contributed by atoms with Crippen LogP contribution in [0.2, 0.25) is 0 Å². The highest BCUT2D eigenvalue weighted by Gasteiger charge is 2.27. The van der Waals surface area contributed by atoms with Crippen molar-refractivity contribution in [3.8, 4) is 0 Å². The van der Waals surface area contributed by atoms with Crippen LogP contribution in [0, 0.1) is 0 Å². The number of quaternary nitrogens is 1. The molecule has 0 aromatic heterocycles. The van der Waals surface area contributed by atoms with Crippen molar-refractivity contribution in [3.05, 3.63) is 24.3 Å². The number of hydrogen-bond donors (Lipinski definition) is 3. The van der Waals surface area contributed by atoms with Gasteiger partial charge in [0, 0.05) is 6.42 Å². The minimum absolute atomic E-state index is 0.0599. The Morgan fingerprint density at radius 2 is 1.22 bits per heavy atom. The molecule has 0 fully saturated rings. The number of phosphoric ester groups is 1. The summed E-state index contributed by atoms with van der Waals surface area (Å²) in [7, 11) is 1.56. The van der Waals surface area contributed by atoms with Gasteiger partial charge in [-0.1, -0.05) is 134 Å². The summed E-state index contributed by atoms with van der Waals surface area (Å²) < 4.78 is 23.1. The molecule has 1 amide bonds. The van der Waals surface area contributed by atoms with Gasteiger partial charge in [0.15, 0.2) is 0 Å². The Bertz CT molecular complexity index is 814. The van der Waals surface area contributed by atoms with Crippen LogP contribution in [-0.4, -0.2) is 73.4 Å². The molecule has 272 valence electrons. The summed E-state index contributed by atoms with van der Waals surface area (Å²) in [6.07, 6.45) is 33.3. The molecule has 3 N–H and O–H groups in total. The summed E-state index contributed by atoms with van der Waals surface area (Å²) >= 11 is 0. The van der Waals surface area contributed by atoms with Gasteiger partial charge in [0.2, 0.25) is 5.91 Å². The zero-order valence-corrected chi connectivity index (χ0v) is 31.5. The molecule has 9 heteroatoms. The topological polar surface area (TPSA) is 105 Å². The fraction of sp³-hybridized carbons (Fsp3) is 0.865. The van der Waals surface area contributed by atoms with Gasteiger partial charge in [-0.3, -0.25) is 13.8 Å². The van der Waals surface area contributed by atoms with E-state index in [2.05, 4.69) is 24.4 Å². The van der Waals surface area contributed by atoms with Crippen molar-refractivity contribution >= 4 is 13.7 Å². The highest BCUT2D eigenvalue weighted by molar-refractivity contribution is 7.47. The third-order valence-electron chi connectivity index (χ3n) is 8.15. The van der Waals surface area contributed by atoms with Crippen LogP contribution in [-0.2, 0) is 18.4 Å². The zero-order chi connectivity index (χ0) is 34.4. The lowest BCUT2D eigenvalue weighted by atomic mass is 10.0. The minimum Gasteiger partial charge on any atom is -0.387 e. The van der Waals surface area contributed by atoms with Gasteiger partial charge in [-0.15, -0.1) is 0 Å². The van der Waals surface area contributed by atoms with E-state index in [4.69, 9.17) is 9.05 Å². The van der Waals surface area contributed by atoms with Crippen molar-refractivity contribution < 1.29 is 32.9 Å². The van der Waals surface area contributed by atoms with E-state index in [1.807, 2.05) is 34.1 Å². The fourth-order valence-corrected chi connectivity index (χ4v) is 5.84. The van der Waals surface area contributed by atoms with Crippen LogP contribution in [0.1, 0.15) is 155 Å². The molecular formula is C37H74N2O6P+. The molecule has 0 spiro atoms. The second-order valence-electron chi connectivity index (χ2n) is 13.9. The van der Waals surface area contributed by atoms with E-state index in [1.165, 1.54) is 103 Å². The average molecular weight is 674 g/mol. The molecule has 0 rings (SSSR count). The van der Waals surface area contributed by atoms with E-state index >= 15 is 0 Å². The van der Waals surface area contributed by atoms with Crippen molar-refractivity contribution in [2.75, 3.05) is 40.9 Å². The number of nitrogens with one attached hydrogen (secondary N) is 1. The van der Waals surface area contributed by atoms with E-state index in [9.17, 15) is 19.4 Å². The summed E-state index contributed by atoms with van der Waals surface area (Å²) in [6, 6.07) is -0.839. The van der Waals surface area contributed by atoms with E-state index in [0.29, 0.717) is 17.4 Å². The second-order valence-corrected chi connectivity index (χ2v) is 15.4. The van der Waals surface area contributed by atoms with E-state index in [0.717, 1.165) is 32.1 Å². The number of aliphatic hydroxyl groups excluding tert-OH is 1. The fourth-order valence-electron chi connectivity index (χ4n) is 5.10. The van der Waals surface area contributed by atoms with Crippen LogP contribution < -0.4 is 5.32 Å². The smallest absolute Gasteiger partial charge is 0.387 e. The molecule has 0 heterocycles. The predicted octanol–water partition coefficient (Wildman–Crippen LogP) is 9.41. The third kappa shape index (κ3) is 31.6. The number of allylic oxidation sites excluding steroid dienone is 3. The molecule has 0 saturated heterocycles. The van der Waals surface area contributed by atoms with Gasteiger partial charge in [-0.05, 0) is 38.5 Å². The van der Waals surface area contributed by atoms with Gasteiger partial charge in [0.25, 0.3) is 0 Å². The number of phosphoric acid groups is 1. The van der Waals surface area contributed by atoms with Crippen LogP contribution in [0.15, 0.2) is 24.3 Å². The monoisotopic (exact) mass is 674 g/mol. The standard InChI is InChI=1S/C37H73N2O6P/c1-6-8-10-11-12-13-14-15-16-17-18-19-20-21-22-23-24-25-26-27-29-31-37(41)38-35(36(40)30-28-9-7-2)34-45-46(42,43)44-33-32-39(3,4)5/h17-18,28,30,35-36,40H,6-16,19-27,29,31-34H2,1-5H3,(H-,38,41,42,43)/p+1/b18-17-,30-28+. The molecule has 0 bridgehead atoms. The van der Waals surface area contributed by atoms with Crippen molar-refractivity contribution in [1.82, 2.24) is 5.32 Å². The molecule has 0 radical (unpaired) electrons. The summed E-state index contributed by atoms with van der Waals surface area (Å²) in [5.41, 5.74) is 0. The van der Waals surface area contributed by atoms with Crippen molar-refractivity contribution in [1.29, 1.82) is 0 Å². The van der Waals surface area contributed by atoms with Gasteiger partial charge in [0.1, 0.15) is 13.2 Å². The molecule has 0 aliphatic carbocycles. The molecule has 3 atom stereocenters. The van der Waals surface area contributed by atoms with E-state index in [1.54, 1.807) is 6.08 Å². The Kier molecular flexibility index (Phi) is 29.4. The lowest BCUT2D eigenvalue weighted by Gasteiger charge is -2.25. The highest BCUT2D eigenvalue weighted by Crippen LogP contribution is 2.43. The molecule has 0 aliphatic rings. The zero-order valence-electron chi connectivity index (χ0n) is 30.6. The number of rotatable bonds is 33. The molecule has 3 unspecified atom stereocenters. The number of nitrogens with zero attached hydrogens (tertiary/aromatic N) is 1. The number of amides is 1. The molecule has 0 aromatic rings. The van der Waals surface area contributed by atoms with Gasteiger partial charge in [-0.2, -0.15) is 0 Å². The van der Waals surface area contributed by atoms with Gasteiger partial charge in [-0.25, -0.2) is 4.57 Å². The predicted molar refractivity (Wildman–Crippen MR) is 194 cm³/mol. The van der Waals surface area contributed by atoms with Crippen molar-refractivity contribution in [2.24, 2.45) is 0 Å². The van der Waals surface area contributed by atoms with Crippen molar-refractivity contribution in [3.63, 3.8) is 0 Å². The number of hydrogen-bond acceptors (Lipinski definition) is 5.